The van der Waals surface area contributed by atoms with E-state index in [0.29, 0.717) is 16.5 Å². The van der Waals surface area contributed by atoms with Crippen molar-refractivity contribution >= 4 is 28.8 Å². The molecule has 0 fully saturated rings. The third-order valence-corrected chi connectivity index (χ3v) is 5.91. The number of nitrogens with zero attached hydrogens (tertiary/aromatic N) is 2. The Kier molecular flexibility index (Phi) is 7.15. The van der Waals surface area contributed by atoms with Crippen molar-refractivity contribution in [3.05, 3.63) is 58.1 Å². The number of nitrogens with one attached hydrogen (secondary N) is 1. The number of carbonyl (C=O) groups is 2. The van der Waals surface area contributed by atoms with Crippen LogP contribution in [0.25, 0.3) is 10.6 Å². The Morgan fingerprint density at radius 2 is 1.69 bits per heavy atom. The molecule has 0 aliphatic heterocycles. The quantitative estimate of drug-likeness (QED) is 0.571. The second kappa shape index (κ2) is 9.82. The van der Waals surface area contributed by atoms with Crippen molar-refractivity contribution < 1.29 is 19.1 Å². The van der Waals surface area contributed by atoms with Crippen LogP contribution in [0.1, 0.15) is 27.2 Å². The number of aryl methyl sites for hydroxylation is 3. The Hall–Kier alpha value is -3.39. The van der Waals surface area contributed by atoms with Gasteiger partial charge in [0, 0.05) is 23.7 Å². The normalized spacial score (nSPS) is 10.6. The Bertz CT molecular complexity index is 1130. The van der Waals surface area contributed by atoms with Crippen molar-refractivity contribution in [3.8, 4) is 22.1 Å². The number of benzene rings is 2. The Morgan fingerprint density at radius 3 is 2.31 bits per heavy atom. The molecule has 1 aromatic heterocycles. The molecule has 32 heavy (non-hydrogen) atoms. The molecular formula is C24H27N3O4S. The summed E-state index contributed by atoms with van der Waals surface area (Å²) in [7, 11) is 4.73. The Morgan fingerprint density at radius 1 is 1.03 bits per heavy atom. The molecule has 3 aromatic rings. The molecule has 1 N–H and O–H groups in total. The molecule has 3 rings (SSSR count). The number of likely N-dealkylation sites (N-methyl/N-ethyl adjacent to an activating group) is 1. The highest BCUT2D eigenvalue weighted by Crippen LogP contribution is 2.33. The van der Waals surface area contributed by atoms with E-state index in [1.54, 1.807) is 32.7 Å². The fraction of sp³-hybridized carbons (Fsp3) is 0.292. The summed E-state index contributed by atoms with van der Waals surface area (Å²) in [6.07, 6.45) is 0. The van der Waals surface area contributed by atoms with Crippen LogP contribution in [0.15, 0.2) is 35.7 Å². The highest BCUT2D eigenvalue weighted by molar-refractivity contribution is 7.13. The standard InChI is InChI=1S/C24H27N3O4S/c1-14-9-15(2)22(16(3)10-14)26-21(28)12-27(4)24(29)18-13-32-23(25-18)17-7-8-19(30-5)20(11-17)31-6/h7-11,13H,12H2,1-6H3,(H,26,28). The summed E-state index contributed by atoms with van der Waals surface area (Å²) in [4.78, 5) is 31.2. The zero-order valence-corrected chi connectivity index (χ0v) is 19.9. The summed E-state index contributed by atoms with van der Waals surface area (Å²) in [6, 6.07) is 9.50. The fourth-order valence-electron chi connectivity index (χ4n) is 3.51. The molecule has 0 radical (unpaired) electrons. The fourth-order valence-corrected chi connectivity index (χ4v) is 4.30. The number of rotatable bonds is 7. The van der Waals surface area contributed by atoms with Crippen LogP contribution in [-0.2, 0) is 4.79 Å². The zero-order valence-electron chi connectivity index (χ0n) is 19.1. The van der Waals surface area contributed by atoms with Crippen LogP contribution in [0.4, 0.5) is 5.69 Å². The van der Waals surface area contributed by atoms with E-state index in [4.69, 9.17) is 9.47 Å². The first-order chi connectivity index (χ1) is 15.2. The topological polar surface area (TPSA) is 80.8 Å². The highest BCUT2D eigenvalue weighted by Gasteiger charge is 2.20. The summed E-state index contributed by atoms with van der Waals surface area (Å²) in [6.45, 7) is 5.85. The lowest BCUT2D eigenvalue weighted by Gasteiger charge is -2.17. The number of ether oxygens (including phenoxy) is 2. The number of carbonyl (C=O) groups excluding carboxylic acids is 2. The number of methoxy groups -OCH3 is 2. The average Bonchev–Trinajstić information content (AvgIpc) is 3.25. The summed E-state index contributed by atoms with van der Waals surface area (Å²) in [5, 5.41) is 5.29. The van der Waals surface area contributed by atoms with E-state index < -0.39 is 0 Å². The molecule has 0 atom stereocenters. The summed E-state index contributed by atoms with van der Waals surface area (Å²) >= 11 is 1.35. The number of aromatic nitrogens is 1. The maximum atomic E-state index is 12.8. The van der Waals surface area contributed by atoms with Gasteiger partial charge >= 0.3 is 0 Å². The van der Waals surface area contributed by atoms with E-state index in [1.165, 1.54) is 16.2 Å². The van der Waals surface area contributed by atoms with Crippen molar-refractivity contribution in [2.45, 2.75) is 20.8 Å². The lowest BCUT2D eigenvalue weighted by molar-refractivity contribution is -0.116. The zero-order chi connectivity index (χ0) is 23.4. The average molecular weight is 454 g/mol. The number of thiazole rings is 1. The van der Waals surface area contributed by atoms with Gasteiger partial charge < -0.3 is 19.7 Å². The van der Waals surface area contributed by atoms with Crippen LogP contribution in [0.5, 0.6) is 11.5 Å². The monoisotopic (exact) mass is 453 g/mol. The van der Waals surface area contributed by atoms with Gasteiger partial charge in [0.1, 0.15) is 10.7 Å². The van der Waals surface area contributed by atoms with E-state index in [9.17, 15) is 9.59 Å². The molecule has 2 amide bonds. The van der Waals surface area contributed by atoms with E-state index in [1.807, 2.05) is 45.0 Å². The first-order valence-electron chi connectivity index (χ1n) is 10.0. The molecule has 0 aliphatic rings. The number of hydrogen-bond donors (Lipinski definition) is 1. The van der Waals surface area contributed by atoms with Crippen LogP contribution in [0, 0.1) is 20.8 Å². The van der Waals surface area contributed by atoms with Crippen LogP contribution < -0.4 is 14.8 Å². The Labute approximate surface area is 192 Å². The summed E-state index contributed by atoms with van der Waals surface area (Å²) in [5.74, 6) is 0.629. The van der Waals surface area contributed by atoms with Crippen molar-refractivity contribution in [2.24, 2.45) is 0 Å². The molecule has 0 saturated carbocycles. The van der Waals surface area contributed by atoms with Gasteiger partial charge in [0.05, 0.1) is 20.8 Å². The van der Waals surface area contributed by atoms with Gasteiger partial charge in [-0.15, -0.1) is 11.3 Å². The van der Waals surface area contributed by atoms with Gasteiger partial charge in [0.25, 0.3) is 5.91 Å². The highest BCUT2D eigenvalue weighted by atomic mass is 32.1. The molecule has 0 unspecified atom stereocenters. The molecular weight excluding hydrogens is 426 g/mol. The second-order valence-electron chi connectivity index (χ2n) is 7.59. The first kappa shape index (κ1) is 23.3. The van der Waals surface area contributed by atoms with Gasteiger partial charge in [-0.25, -0.2) is 4.98 Å². The maximum absolute atomic E-state index is 12.8. The van der Waals surface area contributed by atoms with Crippen molar-refractivity contribution in [1.82, 2.24) is 9.88 Å². The molecule has 1 heterocycles. The van der Waals surface area contributed by atoms with Gasteiger partial charge in [0.15, 0.2) is 11.5 Å². The Balaban J connectivity index is 1.69. The van der Waals surface area contributed by atoms with Gasteiger partial charge in [-0.05, 0) is 50.1 Å². The van der Waals surface area contributed by atoms with Crippen molar-refractivity contribution in [3.63, 3.8) is 0 Å². The number of amides is 2. The molecule has 7 nitrogen and oxygen atoms in total. The second-order valence-corrected chi connectivity index (χ2v) is 8.45. The molecule has 0 bridgehead atoms. The van der Waals surface area contributed by atoms with Crippen molar-refractivity contribution in [1.29, 1.82) is 0 Å². The van der Waals surface area contributed by atoms with E-state index in [-0.39, 0.29) is 24.1 Å². The largest absolute Gasteiger partial charge is 0.493 e. The number of hydrogen-bond acceptors (Lipinski definition) is 6. The third kappa shape index (κ3) is 5.08. The van der Waals surface area contributed by atoms with Crippen LogP contribution in [0.3, 0.4) is 0 Å². The molecule has 8 heteroatoms. The van der Waals surface area contributed by atoms with Gasteiger partial charge in [-0.3, -0.25) is 9.59 Å². The van der Waals surface area contributed by atoms with Gasteiger partial charge in [-0.1, -0.05) is 17.7 Å². The molecule has 2 aromatic carbocycles. The lowest BCUT2D eigenvalue weighted by Crippen LogP contribution is -2.35. The first-order valence-corrected chi connectivity index (χ1v) is 10.9. The SMILES string of the molecule is COc1ccc(-c2nc(C(=O)N(C)CC(=O)Nc3c(C)cc(C)cc3C)cs2)cc1OC. The minimum Gasteiger partial charge on any atom is -0.493 e. The van der Waals surface area contributed by atoms with Crippen LogP contribution in [-0.4, -0.2) is 49.5 Å². The van der Waals surface area contributed by atoms with Crippen LogP contribution >= 0.6 is 11.3 Å². The van der Waals surface area contributed by atoms with E-state index >= 15 is 0 Å². The molecule has 0 spiro atoms. The maximum Gasteiger partial charge on any atom is 0.273 e. The predicted octanol–water partition coefficient (Wildman–Crippen LogP) is 4.46. The lowest BCUT2D eigenvalue weighted by atomic mass is 10.1. The minimum absolute atomic E-state index is 0.0746. The van der Waals surface area contributed by atoms with Gasteiger partial charge in [0.2, 0.25) is 5.91 Å². The third-order valence-electron chi connectivity index (χ3n) is 5.02. The molecule has 168 valence electrons. The van der Waals surface area contributed by atoms with Crippen molar-refractivity contribution in [2.75, 3.05) is 33.1 Å². The van der Waals surface area contributed by atoms with E-state index in [2.05, 4.69) is 10.3 Å². The van der Waals surface area contributed by atoms with Crippen LogP contribution in [0.2, 0.25) is 0 Å². The van der Waals surface area contributed by atoms with E-state index in [0.717, 1.165) is 27.9 Å². The minimum atomic E-state index is -0.319. The smallest absolute Gasteiger partial charge is 0.273 e. The summed E-state index contributed by atoms with van der Waals surface area (Å²) < 4.78 is 10.6. The molecule has 0 aliphatic carbocycles. The molecule has 0 saturated heterocycles. The van der Waals surface area contributed by atoms with Gasteiger partial charge in [-0.2, -0.15) is 0 Å². The predicted molar refractivity (Wildman–Crippen MR) is 127 cm³/mol. The summed E-state index contributed by atoms with van der Waals surface area (Å²) in [5.41, 5.74) is 5.01. The number of anilines is 1.